The van der Waals surface area contributed by atoms with Gasteiger partial charge in [-0.25, -0.2) is 9.59 Å². The van der Waals surface area contributed by atoms with Crippen LogP contribution >= 0.6 is 0 Å². The molecule has 1 aliphatic heterocycles. The summed E-state index contributed by atoms with van der Waals surface area (Å²) in [7, 11) is 1.57. The summed E-state index contributed by atoms with van der Waals surface area (Å²) in [6, 6.07) is 15.2. The Morgan fingerprint density at radius 2 is 1.74 bits per heavy atom. The second-order valence-electron chi connectivity index (χ2n) is 9.33. The van der Waals surface area contributed by atoms with Gasteiger partial charge < -0.3 is 24.8 Å². The molecular formula is C27H32N2O6. The maximum absolute atomic E-state index is 13.3. The highest BCUT2D eigenvalue weighted by Gasteiger charge is 2.47. The van der Waals surface area contributed by atoms with Gasteiger partial charge in [-0.1, -0.05) is 48.5 Å². The highest BCUT2D eigenvalue weighted by molar-refractivity contribution is 5.91. The number of nitrogens with zero attached hydrogens (tertiary/aromatic N) is 1. The minimum atomic E-state index is -1.28. The van der Waals surface area contributed by atoms with E-state index in [0.29, 0.717) is 38.8 Å². The fraction of sp³-hybridized carbons (Fsp3) is 0.444. The number of carboxylic acids is 1. The first-order valence-corrected chi connectivity index (χ1v) is 12.0. The van der Waals surface area contributed by atoms with Crippen LogP contribution in [0.1, 0.15) is 49.7 Å². The van der Waals surface area contributed by atoms with E-state index in [1.54, 1.807) is 14.0 Å². The summed E-state index contributed by atoms with van der Waals surface area (Å²) in [6.07, 6.45) is 1.14. The molecule has 8 heteroatoms. The molecule has 4 rings (SSSR count). The molecule has 0 radical (unpaired) electrons. The summed E-state index contributed by atoms with van der Waals surface area (Å²) in [5, 5.41) is 12.4. The average Bonchev–Trinajstić information content (AvgIpc) is 3.41. The Morgan fingerprint density at radius 3 is 2.34 bits per heavy atom. The normalized spacial score (nSPS) is 19.7. The molecule has 2 aromatic rings. The van der Waals surface area contributed by atoms with E-state index < -0.39 is 29.6 Å². The molecule has 1 heterocycles. The van der Waals surface area contributed by atoms with Gasteiger partial charge in [-0.2, -0.15) is 0 Å². The lowest BCUT2D eigenvalue weighted by Gasteiger charge is -2.34. The summed E-state index contributed by atoms with van der Waals surface area (Å²) in [5.74, 6) is -1.54. The maximum atomic E-state index is 13.3. The second-order valence-corrected chi connectivity index (χ2v) is 9.33. The molecule has 2 N–H and O–H groups in total. The molecule has 2 atom stereocenters. The van der Waals surface area contributed by atoms with E-state index in [1.807, 2.05) is 36.4 Å². The number of hydrogen-bond donors (Lipinski definition) is 2. The lowest BCUT2D eigenvalue weighted by atomic mass is 9.98. The number of alkyl carbamates (subject to hydrolysis) is 1. The van der Waals surface area contributed by atoms with Gasteiger partial charge in [0.2, 0.25) is 5.91 Å². The number of aliphatic carboxylic acids is 1. The molecule has 2 amide bonds. The van der Waals surface area contributed by atoms with Crippen LogP contribution in [0.5, 0.6) is 0 Å². The Bertz CT molecular complexity index is 1060. The van der Waals surface area contributed by atoms with Crippen LogP contribution in [0.4, 0.5) is 4.79 Å². The van der Waals surface area contributed by atoms with E-state index in [1.165, 1.54) is 4.90 Å². The fourth-order valence-electron chi connectivity index (χ4n) is 5.20. The number of hydrogen-bond acceptors (Lipinski definition) is 5. The average molecular weight is 481 g/mol. The number of carbonyl (C=O) groups excluding carboxylic acids is 2. The molecule has 0 bridgehead atoms. The Labute approximate surface area is 205 Å². The third kappa shape index (κ3) is 4.89. The van der Waals surface area contributed by atoms with Gasteiger partial charge in [0.25, 0.3) is 0 Å². The Morgan fingerprint density at radius 1 is 1.11 bits per heavy atom. The van der Waals surface area contributed by atoms with Crippen LogP contribution in [0.15, 0.2) is 48.5 Å². The maximum Gasteiger partial charge on any atom is 0.407 e. The first-order chi connectivity index (χ1) is 16.9. The molecule has 1 saturated heterocycles. The van der Waals surface area contributed by atoms with E-state index in [0.717, 1.165) is 22.3 Å². The minimum absolute atomic E-state index is 0.0929. The molecule has 0 aromatic heterocycles. The summed E-state index contributed by atoms with van der Waals surface area (Å²) < 4.78 is 10.7. The molecule has 8 nitrogen and oxygen atoms in total. The van der Waals surface area contributed by atoms with Crippen molar-refractivity contribution in [2.45, 2.75) is 50.1 Å². The molecule has 2 aliphatic rings. The summed E-state index contributed by atoms with van der Waals surface area (Å²) in [5.41, 5.74) is 3.19. The van der Waals surface area contributed by atoms with Crippen LogP contribution in [-0.2, 0) is 19.1 Å². The zero-order valence-electron chi connectivity index (χ0n) is 20.2. The molecule has 186 valence electrons. The van der Waals surface area contributed by atoms with E-state index >= 15 is 0 Å². The van der Waals surface area contributed by atoms with Crippen LogP contribution < -0.4 is 5.32 Å². The summed E-state index contributed by atoms with van der Waals surface area (Å²) in [6.45, 7) is 2.45. The van der Waals surface area contributed by atoms with Gasteiger partial charge in [-0.15, -0.1) is 0 Å². The van der Waals surface area contributed by atoms with Gasteiger partial charge in [0.1, 0.15) is 18.2 Å². The van der Waals surface area contributed by atoms with Crippen molar-refractivity contribution in [3.8, 4) is 11.1 Å². The van der Waals surface area contributed by atoms with Gasteiger partial charge in [0.05, 0.1) is 0 Å². The molecule has 2 aromatic carbocycles. The number of likely N-dealkylation sites (tertiary alicyclic amines) is 1. The van der Waals surface area contributed by atoms with Gasteiger partial charge in [0.15, 0.2) is 0 Å². The number of ether oxygens (including phenoxy) is 2. The second kappa shape index (κ2) is 10.5. The molecule has 0 saturated carbocycles. The predicted molar refractivity (Wildman–Crippen MR) is 130 cm³/mol. The standard InChI is InChI=1S/C27H32N2O6/c1-27(25(31)32)14-8-15-29(27)24(30)23(13-7-16-34-2)28-26(33)35-17-22-20-11-5-3-9-18(20)19-10-4-6-12-21(19)22/h3-6,9-12,22-23H,7-8,13-17H2,1-2H3,(H,28,33)(H,31,32). The topological polar surface area (TPSA) is 105 Å². The smallest absolute Gasteiger partial charge is 0.407 e. The Kier molecular flexibility index (Phi) is 7.40. The van der Waals surface area contributed by atoms with Crippen molar-refractivity contribution in [1.29, 1.82) is 0 Å². The molecule has 0 spiro atoms. The zero-order valence-corrected chi connectivity index (χ0v) is 20.2. The number of carboxylic acid groups (broad SMARTS) is 1. The van der Waals surface area contributed by atoms with Crippen LogP contribution in [0.3, 0.4) is 0 Å². The first kappa shape index (κ1) is 24.7. The number of fused-ring (bicyclic) bond motifs is 3. The van der Waals surface area contributed by atoms with Crippen LogP contribution in [0.2, 0.25) is 0 Å². The van der Waals surface area contributed by atoms with Crippen molar-refractivity contribution < 1.29 is 29.0 Å². The van der Waals surface area contributed by atoms with E-state index in [2.05, 4.69) is 17.4 Å². The molecule has 2 unspecified atom stereocenters. The lowest BCUT2D eigenvalue weighted by molar-refractivity contribution is -0.156. The SMILES string of the molecule is COCCCC(NC(=O)OCC1c2ccccc2-c2ccccc21)C(=O)N1CCCC1(C)C(=O)O. The highest BCUT2D eigenvalue weighted by atomic mass is 16.5. The van der Waals surface area contributed by atoms with Crippen molar-refractivity contribution in [2.24, 2.45) is 0 Å². The van der Waals surface area contributed by atoms with Crippen molar-refractivity contribution in [3.63, 3.8) is 0 Å². The number of benzene rings is 2. The molecule has 1 fully saturated rings. The van der Waals surface area contributed by atoms with Gasteiger partial charge in [-0.05, 0) is 54.9 Å². The number of nitrogens with one attached hydrogen (secondary N) is 1. The zero-order chi connectivity index (χ0) is 25.0. The van der Waals surface area contributed by atoms with Crippen LogP contribution in [-0.4, -0.2) is 66.4 Å². The largest absolute Gasteiger partial charge is 0.480 e. The van der Waals surface area contributed by atoms with E-state index in [9.17, 15) is 19.5 Å². The molecular weight excluding hydrogens is 448 g/mol. The molecule has 1 aliphatic carbocycles. The fourth-order valence-corrected chi connectivity index (χ4v) is 5.20. The third-order valence-corrected chi connectivity index (χ3v) is 7.14. The Balaban J connectivity index is 1.45. The lowest BCUT2D eigenvalue weighted by Crippen LogP contribution is -2.57. The van der Waals surface area contributed by atoms with Gasteiger partial charge in [0, 0.05) is 26.2 Å². The monoisotopic (exact) mass is 480 g/mol. The van der Waals surface area contributed by atoms with Gasteiger partial charge in [-0.3, -0.25) is 4.79 Å². The minimum Gasteiger partial charge on any atom is -0.480 e. The number of amides is 2. The number of methoxy groups -OCH3 is 1. The molecule has 35 heavy (non-hydrogen) atoms. The number of carbonyl (C=O) groups is 3. The predicted octanol–water partition coefficient (Wildman–Crippen LogP) is 3.79. The summed E-state index contributed by atoms with van der Waals surface area (Å²) in [4.78, 5) is 39.4. The van der Waals surface area contributed by atoms with Crippen molar-refractivity contribution in [3.05, 3.63) is 59.7 Å². The highest BCUT2D eigenvalue weighted by Crippen LogP contribution is 2.44. The van der Waals surface area contributed by atoms with E-state index in [-0.39, 0.29) is 12.5 Å². The van der Waals surface area contributed by atoms with Crippen molar-refractivity contribution in [1.82, 2.24) is 10.2 Å². The third-order valence-electron chi connectivity index (χ3n) is 7.14. The van der Waals surface area contributed by atoms with Crippen molar-refractivity contribution in [2.75, 3.05) is 26.9 Å². The summed E-state index contributed by atoms with van der Waals surface area (Å²) >= 11 is 0. The van der Waals surface area contributed by atoms with Crippen molar-refractivity contribution >= 4 is 18.0 Å². The van der Waals surface area contributed by atoms with Crippen LogP contribution in [0, 0.1) is 0 Å². The van der Waals surface area contributed by atoms with Crippen LogP contribution in [0.25, 0.3) is 11.1 Å². The Hall–Kier alpha value is -3.39. The van der Waals surface area contributed by atoms with Gasteiger partial charge >= 0.3 is 12.1 Å². The van der Waals surface area contributed by atoms with E-state index in [4.69, 9.17) is 9.47 Å². The quantitative estimate of drug-likeness (QED) is 0.529. The number of rotatable bonds is 9. The first-order valence-electron chi connectivity index (χ1n) is 12.0.